The summed E-state index contributed by atoms with van der Waals surface area (Å²) in [6.07, 6.45) is -1.41. The summed E-state index contributed by atoms with van der Waals surface area (Å²) in [6, 6.07) is 0. The van der Waals surface area contributed by atoms with Crippen molar-refractivity contribution in [2.24, 2.45) is 4.99 Å². The summed E-state index contributed by atoms with van der Waals surface area (Å²) in [7, 11) is -0.474. The Morgan fingerprint density at radius 1 is 1.52 bits per heavy atom. The molecule has 1 rings (SSSR count). The molecule has 0 saturated carbocycles. The number of thiazole rings is 1. The van der Waals surface area contributed by atoms with E-state index in [1.807, 2.05) is 6.92 Å². The molecular formula is C14H17F3N2S2. The number of nitrogens with zero attached hydrogens (tertiary/aromatic N) is 2. The molecule has 1 aromatic rings. The molecular weight excluding hydrogens is 317 g/mol. The van der Waals surface area contributed by atoms with Crippen molar-refractivity contribution in [1.29, 1.82) is 0 Å². The molecule has 0 fully saturated rings. The van der Waals surface area contributed by atoms with E-state index in [4.69, 9.17) is 0 Å². The molecule has 1 heterocycles. The van der Waals surface area contributed by atoms with Gasteiger partial charge in [-0.15, -0.1) is 21.8 Å². The van der Waals surface area contributed by atoms with Crippen LogP contribution in [0, 0.1) is 0 Å². The van der Waals surface area contributed by atoms with E-state index < -0.39 is 22.2 Å². The molecule has 0 N–H and O–H groups in total. The predicted octanol–water partition coefficient (Wildman–Crippen LogP) is 4.96. The third-order valence-electron chi connectivity index (χ3n) is 2.69. The van der Waals surface area contributed by atoms with E-state index in [9.17, 15) is 13.2 Å². The molecule has 0 bridgehead atoms. The summed E-state index contributed by atoms with van der Waals surface area (Å²) in [4.78, 5) is 9.34. The molecule has 116 valence electrons. The number of halogens is 3. The second-order valence-electron chi connectivity index (χ2n) is 4.23. The Labute approximate surface area is 129 Å². The van der Waals surface area contributed by atoms with Gasteiger partial charge in [-0.3, -0.25) is 4.99 Å². The number of rotatable bonds is 6. The van der Waals surface area contributed by atoms with Crippen LogP contribution >= 0.6 is 21.8 Å². The molecule has 21 heavy (non-hydrogen) atoms. The standard InChI is InChI=1S/C14H17F3N2S2/c1-5-12-13(20-9-19-12)8-21(4)11(3)18-7-6-10(2)14(15,16)17/h6-7,9H,3-5,8H2,1-2H3/b10-6+,18-7-. The molecule has 0 aliphatic rings. The summed E-state index contributed by atoms with van der Waals surface area (Å²) in [6.45, 7) is 6.80. The Balaban J connectivity index is 2.66. The molecule has 1 atom stereocenters. The Kier molecular flexibility index (Phi) is 6.54. The highest BCUT2D eigenvalue weighted by Gasteiger charge is 2.29. The third kappa shape index (κ3) is 5.59. The van der Waals surface area contributed by atoms with Crippen molar-refractivity contribution >= 4 is 33.9 Å². The van der Waals surface area contributed by atoms with Crippen molar-refractivity contribution in [2.75, 3.05) is 0 Å². The van der Waals surface area contributed by atoms with E-state index in [0.29, 0.717) is 10.8 Å². The van der Waals surface area contributed by atoms with Gasteiger partial charge >= 0.3 is 6.18 Å². The van der Waals surface area contributed by atoms with Gasteiger partial charge in [-0.25, -0.2) is 4.98 Å². The number of hydrogen-bond donors (Lipinski definition) is 0. The van der Waals surface area contributed by atoms with Gasteiger partial charge in [0.15, 0.2) is 0 Å². The molecule has 0 spiro atoms. The Hall–Kier alpha value is -1.21. The van der Waals surface area contributed by atoms with Gasteiger partial charge in [0.25, 0.3) is 0 Å². The van der Waals surface area contributed by atoms with Crippen LogP contribution in [0.2, 0.25) is 0 Å². The molecule has 0 aliphatic heterocycles. The lowest BCUT2D eigenvalue weighted by atomic mass is 10.3. The molecule has 0 aliphatic carbocycles. The summed E-state index contributed by atoms with van der Waals surface area (Å²) < 4.78 is 36.9. The lowest BCUT2D eigenvalue weighted by Crippen LogP contribution is -2.08. The highest BCUT2D eigenvalue weighted by Crippen LogP contribution is 2.30. The fourth-order valence-corrected chi connectivity index (χ4v) is 3.54. The number of hydrogen-bond acceptors (Lipinski definition) is 3. The first-order valence-electron chi connectivity index (χ1n) is 6.14. The minimum Gasteiger partial charge on any atom is -0.251 e. The summed E-state index contributed by atoms with van der Waals surface area (Å²) in [5.41, 5.74) is 2.12. The number of aromatic nitrogens is 1. The Morgan fingerprint density at radius 3 is 2.76 bits per heavy atom. The zero-order chi connectivity index (χ0) is 16.0. The zero-order valence-electron chi connectivity index (χ0n) is 11.9. The number of aliphatic imine (C=N–C) groups is 1. The Morgan fingerprint density at radius 2 is 2.19 bits per heavy atom. The van der Waals surface area contributed by atoms with E-state index in [0.717, 1.165) is 36.2 Å². The maximum atomic E-state index is 12.3. The van der Waals surface area contributed by atoms with Gasteiger partial charge < -0.3 is 0 Å². The lowest BCUT2D eigenvalue weighted by molar-refractivity contribution is -0.0911. The molecule has 0 radical (unpaired) electrons. The van der Waals surface area contributed by atoms with Gasteiger partial charge in [-0.05, 0) is 19.4 Å². The summed E-state index contributed by atoms with van der Waals surface area (Å²) >= 11 is 1.55. The number of allylic oxidation sites excluding steroid dienone is 2. The highest BCUT2D eigenvalue weighted by molar-refractivity contribution is 8.16. The van der Waals surface area contributed by atoms with Crippen molar-refractivity contribution in [3.63, 3.8) is 0 Å². The smallest absolute Gasteiger partial charge is 0.251 e. The molecule has 1 unspecified atom stereocenters. The van der Waals surface area contributed by atoms with Crippen LogP contribution in [0.1, 0.15) is 24.4 Å². The largest absolute Gasteiger partial charge is 0.412 e. The van der Waals surface area contributed by atoms with Crippen LogP contribution in [-0.2, 0) is 12.2 Å². The SMILES string of the molecule is C=C(/N=C\C=C(/C)C(F)(F)F)S(=C)Cc1scnc1CC. The monoisotopic (exact) mass is 334 g/mol. The van der Waals surface area contributed by atoms with Gasteiger partial charge in [-0.2, -0.15) is 13.2 Å². The fraction of sp³-hybridized carbons (Fsp3) is 0.357. The normalized spacial score (nSPS) is 14.6. The molecule has 0 amide bonds. The van der Waals surface area contributed by atoms with Crippen LogP contribution < -0.4 is 0 Å². The first-order chi connectivity index (χ1) is 9.75. The first kappa shape index (κ1) is 17.8. The van der Waals surface area contributed by atoms with Gasteiger partial charge in [0.05, 0.1) is 16.2 Å². The van der Waals surface area contributed by atoms with Gasteiger partial charge in [0.2, 0.25) is 0 Å². The van der Waals surface area contributed by atoms with Gasteiger partial charge in [0.1, 0.15) is 0 Å². The summed E-state index contributed by atoms with van der Waals surface area (Å²) in [5.74, 6) is 4.66. The predicted molar refractivity (Wildman–Crippen MR) is 87.4 cm³/mol. The number of aryl methyl sites for hydroxylation is 1. The summed E-state index contributed by atoms with van der Waals surface area (Å²) in [5, 5.41) is 0.483. The maximum absolute atomic E-state index is 12.3. The maximum Gasteiger partial charge on any atom is 0.412 e. The van der Waals surface area contributed by atoms with Crippen LogP contribution in [0.25, 0.3) is 0 Å². The van der Waals surface area contributed by atoms with Gasteiger partial charge in [-0.1, -0.05) is 19.4 Å². The van der Waals surface area contributed by atoms with E-state index in [-0.39, 0.29) is 0 Å². The minimum absolute atomic E-state index is 0.474. The average molecular weight is 334 g/mol. The van der Waals surface area contributed by atoms with E-state index in [1.54, 1.807) is 16.8 Å². The first-order valence-corrected chi connectivity index (χ1v) is 8.58. The van der Waals surface area contributed by atoms with Crippen LogP contribution in [0.15, 0.2) is 33.8 Å². The second kappa shape index (κ2) is 7.70. The van der Waals surface area contributed by atoms with E-state index in [2.05, 4.69) is 22.4 Å². The second-order valence-corrected chi connectivity index (χ2v) is 6.92. The Bertz CT molecular complexity index is 583. The van der Waals surface area contributed by atoms with E-state index >= 15 is 0 Å². The van der Waals surface area contributed by atoms with Crippen molar-refractivity contribution in [2.45, 2.75) is 32.2 Å². The molecule has 7 heteroatoms. The lowest BCUT2D eigenvalue weighted by Gasteiger charge is -2.06. The van der Waals surface area contributed by atoms with Crippen LogP contribution in [0.3, 0.4) is 0 Å². The van der Waals surface area contributed by atoms with E-state index in [1.165, 1.54) is 0 Å². The van der Waals surface area contributed by atoms with Crippen LogP contribution in [-0.4, -0.2) is 23.2 Å². The molecule has 0 aromatic carbocycles. The molecule has 2 nitrogen and oxygen atoms in total. The van der Waals surface area contributed by atoms with Crippen LogP contribution in [0.4, 0.5) is 13.2 Å². The average Bonchev–Trinajstić information content (AvgIpc) is 2.84. The van der Waals surface area contributed by atoms with Crippen molar-refractivity contribution in [3.05, 3.63) is 39.3 Å². The molecule has 1 aromatic heterocycles. The van der Waals surface area contributed by atoms with Crippen LogP contribution in [0.5, 0.6) is 0 Å². The van der Waals surface area contributed by atoms with Crippen molar-refractivity contribution < 1.29 is 13.2 Å². The van der Waals surface area contributed by atoms with Crippen molar-refractivity contribution in [3.8, 4) is 0 Å². The zero-order valence-corrected chi connectivity index (χ0v) is 13.5. The number of alkyl halides is 3. The van der Waals surface area contributed by atoms with Gasteiger partial charge in [0, 0.05) is 22.4 Å². The fourth-order valence-electron chi connectivity index (χ4n) is 1.34. The highest BCUT2D eigenvalue weighted by atomic mass is 32.2. The topological polar surface area (TPSA) is 25.2 Å². The van der Waals surface area contributed by atoms with Crippen molar-refractivity contribution in [1.82, 2.24) is 4.98 Å². The quantitative estimate of drug-likeness (QED) is 0.533. The molecule has 0 saturated heterocycles. The minimum atomic E-state index is -4.32. The third-order valence-corrected chi connectivity index (χ3v) is 5.16.